The fourth-order valence-corrected chi connectivity index (χ4v) is 0.962. The predicted octanol–water partition coefficient (Wildman–Crippen LogP) is -0.231. The highest BCUT2D eigenvalue weighted by atomic mass is 16.2. The molecule has 1 rings (SSSR count). The van der Waals surface area contributed by atoms with Crippen LogP contribution in [0.5, 0.6) is 0 Å². The van der Waals surface area contributed by atoms with Crippen molar-refractivity contribution in [3.05, 3.63) is 28.7 Å². The highest BCUT2D eigenvalue weighted by Crippen LogP contribution is 1.78. The fourth-order valence-electron chi connectivity index (χ4n) is 0.962. The number of hydrogen-bond donors (Lipinski definition) is 1. The van der Waals surface area contributed by atoms with Crippen molar-refractivity contribution >= 4 is 5.91 Å². The Morgan fingerprint density at radius 2 is 2.43 bits per heavy atom. The van der Waals surface area contributed by atoms with Crippen LogP contribution in [0.4, 0.5) is 0 Å². The topological polar surface area (TPSA) is 64.0 Å². The Labute approximate surface area is 81.7 Å². The summed E-state index contributed by atoms with van der Waals surface area (Å²) >= 11 is 0. The zero-order valence-corrected chi connectivity index (χ0v) is 8.06. The molecule has 0 spiro atoms. The van der Waals surface area contributed by atoms with E-state index in [1.165, 1.54) is 12.3 Å². The Morgan fingerprint density at radius 3 is 3.07 bits per heavy atom. The third-order valence-corrected chi connectivity index (χ3v) is 1.65. The molecule has 0 saturated carbocycles. The Balaban J connectivity index is 2.56. The summed E-state index contributed by atoms with van der Waals surface area (Å²) in [5.41, 5.74) is -0.265. The van der Waals surface area contributed by atoms with Crippen molar-refractivity contribution in [1.29, 1.82) is 0 Å². The molecular weight excluding hydrogens is 182 g/mol. The fraction of sp³-hybridized carbons (Fsp3) is 0.444. The average molecular weight is 195 g/mol. The lowest BCUT2D eigenvalue weighted by atomic mass is 10.4. The molecule has 1 amide bonds. The van der Waals surface area contributed by atoms with E-state index in [2.05, 4.69) is 10.4 Å². The Morgan fingerprint density at radius 1 is 1.64 bits per heavy atom. The third-order valence-electron chi connectivity index (χ3n) is 1.65. The number of carbonyl (C=O) groups excluding carboxylic acids is 1. The van der Waals surface area contributed by atoms with Crippen molar-refractivity contribution in [1.82, 2.24) is 15.1 Å². The van der Waals surface area contributed by atoms with Crippen molar-refractivity contribution in [3.63, 3.8) is 0 Å². The summed E-state index contributed by atoms with van der Waals surface area (Å²) in [5, 5.41) is 6.44. The Kier molecular flexibility index (Phi) is 3.84. The van der Waals surface area contributed by atoms with E-state index in [0.717, 1.165) is 11.1 Å². The van der Waals surface area contributed by atoms with Crippen LogP contribution >= 0.6 is 0 Å². The average Bonchev–Trinajstić information content (AvgIpc) is 2.18. The molecule has 5 heteroatoms. The van der Waals surface area contributed by atoms with E-state index in [4.69, 9.17) is 0 Å². The maximum absolute atomic E-state index is 11.2. The summed E-state index contributed by atoms with van der Waals surface area (Å²) in [4.78, 5) is 22.4. The minimum Gasteiger partial charge on any atom is -0.355 e. The first-order valence-electron chi connectivity index (χ1n) is 4.53. The van der Waals surface area contributed by atoms with Gasteiger partial charge in [0.15, 0.2) is 0 Å². The summed E-state index contributed by atoms with van der Waals surface area (Å²) in [6.07, 6.45) is 2.36. The van der Waals surface area contributed by atoms with Crippen LogP contribution in [0.3, 0.4) is 0 Å². The van der Waals surface area contributed by atoms with Gasteiger partial charge in [-0.1, -0.05) is 6.92 Å². The van der Waals surface area contributed by atoms with Crippen LogP contribution in [0.1, 0.15) is 13.3 Å². The lowest BCUT2D eigenvalue weighted by Gasteiger charge is -2.04. The molecule has 0 bridgehead atoms. The van der Waals surface area contributed by atoms with Crippen LogP contribution in [0, 0.1) is 0 Å². The summed E-state index contributed by atoms with van der Waals surface area (Å²) in [6.45, 7) is 2.58. The van der Waals surface area contributed by atoms with Crippen LogP contribution in [0.2, 0.25) is 0 Å². The number of hydrogen-bond acceptors (Lipinski definition) is 3. The molecule has 1 N–H and O–H groups in total. The molecule has 1 aromatic rings. The monoisotopic (exact) mass is 195 g/mol. The first-order chi connectivity index (χ1) is 6.74. The van der Waals surface area contributed by atoms with Crippen LogP contribution in [0.25, 0.3) is 0 Å². The highest BCUT2D eigenvalue weighted by molar-refractivity contribution is 5.75. The first kappa shape index (κ1) is 10.4. The molecule has 0 aromatic carbocycles. The standard InChI is InChI=1S/C9H13N3O2/c1-2-5-10-8(13)7-12-9(14)4-3-6-11-12/h3-4,6H,2,5,7H2,1H3,(H,10,13). The van der Waals surface area contributed by atoms with Crippen LogP contribution in [0.15, 0.2) is 23.1 Å². The summed E-state index contributed by atoms with van der Waals surface area (Å²) in [5.74, 6) is -0.187. The van der Waals surface area contributed by atoms with Crippen LogP contribution < -0.4 is 10.9 Å². The third kappa shape index (κ3) is 3.01. The van der Waals surface area contributed by atoms with Gasteiger partial charge in [-0.2, -0.15) is 5.10 Å². The zero-order valence-electron chi connectivity index (χ0n) is 8.06. The number of nitrogens with zero attached hydrogens (tertiary/aromatic N) is 2. The second-order valence-corrected chi connectivity index (χ2v) is 2.87. The highest BCUT2D eigenvalue weighted by Gasteiger charge is 2.02. The van der Waals surface area contributed by atoms with Crippen molar-refractivity contribution < 1.29 is 4.79 Å². The number of carbonyl (C=O) groups is 1. The zero-order chi connectivity index (χ0) is 10.4. The minimum absolute atomic E-state index is 0.0142. The normalized spacial score (nSPS) is 9.79. The Hall–Kier alpha value is -1.65. The molecule has 0 aliphatic carbocycles. The number of nitrogens with one attached hydrogen (secondary N) is 1. The SMILES string of the molecule is CCCNC(=O)Cn1ncccc1=O. The largest absolute Gasteiger partial charge is 0.355 e. The molecule has 1 aromatic heterocycles. The molecule has 0 unspecified atom stereocenters. The first-order valence-corrected chi connectivity index (χ1v) is 4.53. The van der Waals surface area contributed by atoms with Gasteiger partial charge in [0, 0.05) is 18.8 Å². The quantitative estimate of drug-likeness (QED) is 0.721. The van der Waals surface area contributed by atoms with Crippen molar-refractivity contribution in [3.8, 4) is 0 Å². The Bertz CT molecular complexity index is 359. The van der Waals surface area contributed by atoms with Crippen LogP contribution in [-0.4, -0.2) is 22.2 Å². The molecule has 76 valence electrons. The molecule has 0 aliphatic rings. The number of amides is 1. The summed E-state index contributed by atoms with van der Waals surface area (Å²) in [6, 6.07) is 2.92. The van der Waals surface area contributed by atoms with Crippen molar-refractivity contribution in [2.24, 2.45) is 0 Å². The van der Waals surface area contributed by atoms with Crippen molar-refractivity contribution in [2.75, 3.05) is 6.54 Å². The summed E-state index contributed by atoms with van der Waals surface area (Å²) < 4.78 is 1.13. The van der Waals surface area contributed by atoms with Gasteiger partial charge in [-0.05, 0) is 12.5 Å². The van der Waals surface area contributed by atoms with Gasteiger partial charge < -0.3 is 5.32 Å². The van der Waals surface area contributed by atoms with E-state index >= 15 is 0 Å². The van der Waals surface area contributed by atoms with Gasteiger partial charge in [-0.15, -0.1) is 0 Å². The molecule has 0 radical (unpaired) electrons. The maximum atomic E-state index is 11.2. The molecule has 0 atom stereocenters. The van der Waals surface area contributed by atoms with E-state index in [0.29, 0.717) is 6.54 Å². The van der Waals surface area contributed by atoms with Crippen LogP contribution in [-0.2, 0) is 11.3 Å². The molecule has 14 heavy (non-hydrogen) atoms. The maximum Gasteiger partial charge on any atom is 0.267 e. The van der Waals surface area contributed by atoms with Gasteiger partial charge in [0.05, 0.1) is 0 Å². The number of rotatable bonds is 4. The molecular formula is C9H13N3O2. The lowest BCUT2D eigenvalue weighted by Crippen LogP contribution is -2.33. The number of aromatic nitrogens is 2. The van der Waals surface area contributed by atoms with Gasteiger partial charge in [-0.3, -0.25) is 9.59 Å². The predicted molar refractivity (Wildman–Crippen MR) is 51.8 cm³/mol. The minimum atomic E-state index is -0.265. The molecule has 1 heterocycles. The second-order valence-electron chi connectivity index (χ2n) is 2.87. The molecule has 5 nitrogen and oxygen atoms in total. The van der Waals surface area contributed by atoms with Gasteiger partial charge in [0.2, 0.25) is 5.91 Å². The lowest BCUT2D eigenvalue weighted by molar-refractivity contribution is -0.121. The second kappa shape index (κ2) is 5.16. The summed E-state index contributed by atoms with van der Waals surface area (Å²) in [7, 11) is 0. The van der Waals surface area contributed by atoms with Gasteiger partial charge in [0.25, 0.3) is 5.56 Å². The molecule has 0 aliphatic heterocycles. The van der Waals surface area contributed by atoms with E-state index in [9.17, 15) is 9.59 Å². The van der Waals surface area contributed by atoms with E-state index in [1.54, 1.807) is 6.07 Å². The molecule has 0 fully saturated rings. The molecule has 0 saturated heterocycles. The van der Waals surface area contributed by atoms with E-state index in [1.807, 2.05) is 6.92 Å². The van der Waals surface area contributed by atoms with E-state index in [-0.39, 0.29) is 18.0 Å². The van der Waals surface area contributed by atoms with Gasteiger partial charge in [0.1, 0.15) is 6.54 Å². The van der Waals surface area contributed by atoms with Gasteiger partial charge in [-0.25, -0.2) is 4.68 Å². The smallest absolute Gasteiger partial charge is 0.267 e. The van der Waals surface area contributed by atoms with E-state index < -0.39 is 0 Å². The van der Waals surface area contributed by atoms with Crippen molar-refractivity contribution in [2.45, 2.75) is 19.9 Å². The van der Waals surface area contributed by atoms with Gasteiger partial charge >= 0.3 is 0 Å².